The SMILES string of the molecule is O=C(Cc1ccc(N2CCCC2=O)cc1)N1CCC(c2nc3ccccc3o2)CC1. The minimum atomic E-state index is 0.149. The molecule has 2 amide bonds. The van der Waals surface area contributed by atoms with Gasteiger partial charge in [0, 0.05) is 37.7 Å². The molecule has 0 bridgehead atoms. The molecular formula is C24H25N3O3. The van der Waals surface area contributed by atoms with E-state index in [1.807, 2.05) is 58.3 Å². The van der Waals surface area contributed by atoms with Crippen LogP contribution in [0, 0.1) is 0 Å². The van der Waals surface area contributed by atoms with Gasteiger partial charge in [-0.1, -0.05) is 24.3 Å². The van der Waals surface area contributed by atoms with Gasteiger partial charge >= 0.3 is 0 Å². The third-order valence-corrected chi connectivity index (χ3v) is 6.18. The summed E-state index contributed by atoms with van der Waals surface area (Å²) in [6.07, 6.45) is 3.67. The van der Waals surface area contributed by atoms with E-state index in [0.717, 1.165) is 67.1 Å². The number of benzene rings is 2. The zero-order chi connectivity index (χ0) is 20.5. The molecule has 6 heteroatoms. The first-order chi connectivity index (χ1) is 14.7. The molecule has 6 nitrogen and oxygen atoms in total. The zero-order valence-electron chi connectivity index (χ0n) is 16.9. The molecule has 0 spiro atoms. The van der Waals surface area contributed by atoms with E-state index >= 15 is 0 Å². The molecule has 2 aliphatic rings. The van der Waals surface area contributed by atoms with E-state index in [9.17, 15) is 9.59 Å². The van der Waals surface area contributed by atoms with Crippen molar-refractivity contribution in [1.82, 2.24) is 9.88 Å². The van der Waals surface area contributed by atoms with Gasteiger partial charge in [0.25, 0.3) is 0 Å². The maximum absolute atomic E-state index is 12.8. The van der Waals surface area contributed by atoms with Gasteiger partial charge in [-0.3, -0.25) is 9.59 Å². The van der Waals surface area contributed by atoms with E-state index in [1.54, 1.807) is 0 Å². The summed E-state index contributed by atoms with van der Waals surface area (Å²) in [5.41, 5.74) is 3.62. The Morgan fingerprint density at radius 2 is 1.80 bits per heavy atom. The van der Waals surface area contributed by atoms with E-state index in [-0.39, 0.29) is 17.7 Å². The van der Waals surface area contributed by atoms with Crippen LogP contribution in [0.5, 0.6) is 0 Å². The number of aromatic nitrogens is 1. The van der Waals surface area contributed by atoms with Gasteiger partial charge in [-0.05, 0) is 49.1 Å². The van der Waals surface area contributed by atoms with E-state index in [1.165, 1.54) is 0 Å². The number of likely N-dealkylation sites (tertiary alicyclic amines) is 1. The van der Waals surface area contributed by atoms with Crippen LogP contribution in [0.1, 0.15) is 43.1 Å². The highest BCUT2D eigenvalue weighted by molar-refractivity contribution is 5.95. The molecule has 1 aromatic heterocycles. The monoisotopic (exact) mass is 403 g/mol. The number of fused-ring (bicyclic) bond motifs is 1. The summed E-state index contributed by atoms with van der Waals surface area (Å²) in [5.74, 6) is 1.38. The molecular weight excluding hydrogens is 378 g/mol. The molecule has 2 aliphatic heterocycles. The number of para-hydroxylation sites is 2. The Balaban J connectivity index is 1.17. The first kappa shape index (κ1) is 18.9. The van der Waals surface area contributed by atoms with Crippen LogP contribution in [-0.4, -0.2) is 41.3 Å². The van der Waals surface area contributed by atoms with Gasteiger partial charge in [-0.15, -0.1) is 0 Å². The Hall–Kier alpha value is -3.15. The van der Waals surface area contributed by atoms with Crippen molar-refractivity contribution in [2.24, 2.45) is 0 Å². The second-order valence-corrected chi connectivity index (χ2v) is 8.17. The number of rotatable bonds is 4. The Labute approximate surface area is 175 Å². The highest BCUT2D eigenvalue weighted by Gasteiger charge is 2.27. The molecule has 154 valence electrons. The fourth-order valence-corrected chi connectivity index (χ4v) is 4.44. The van der Waals surface area contributed by atoms with Crippen molar-refractivity contribution < 1.29 is 14.0 Å². The summed E-state index contributed by atoms with van der Waals surface area (Å²) < 4.78 is 5.92. The van der Waals surface area contributed by atoms with Crippen molar-refractivity contribution in [3.8, 4) is 0 Å². The van der Waals surface area contributed by atoms with E-state index < -0.39 is 0 Å². The molecule has 0 atom stereocenters. The molecule has 5 rings (SSSR count). The van der Waals surface area contributed by atoms with Gasteiger partial charge in [-0.2, -0.15) is 0 Å². The Morgan fingerprint density at radius 3 is 2.50 bits per heavy atom. The van der Waals surface area contributed by atoms with Gasteiger partial charge in [0.1, 0.15) is 5.52 Å². The van der Waals surface area contributed by atoms with Crippen molar-refractivity contribution in [2.45, 2.75) is 38.0 Å². The number of carbonyl (C=O) groups is 2. The summed E-state index contributed by atoms with van der Waals surface area (Å²) in [6.45, 7) is 2.23. The molecule has 2 fully saturated rings. The quantitative estimate of drug-likeness (QED) is 0.663. The molecule has 2 saturated heterocycles. The molecule has 2 aromatic carbocycles. The first-order valence-electron chi connectivity index (χ1n) is 10.7. The molecule has 3 aromatic rings. The summed E-state index contributed by atoms with van der Waals surface area (Å²) in [6, 6.07) is 15.6. The van der Waals surface area contributed by atoms with E-state index in [0.29, 0.717) is 12.8 Å². The number of oxazole rings is 1. The van der Waals surface area contributed by atoms with Crippen LogP contribution in [0.2, 0.25) is 0 Å². The number of piperidine rings is 1. The largest absolute Gasteiger partial charge is 0.440 e. The third kappa shape index (κ3) is 3.70. The van der Waals surface area contributed by atoms with Gasteiger partial charge in [0.2, 0.25) is 11.8 Å². The fraction of sp³-hybridized carbons (Fsp3) is 0.375. The average molecular weight is 403 g/mol. The van der Waals surface area contributed by atoms with Gasteiger partial charge < -0.3 is 14.2 Å². The number of carbonyl (C=O) groups excluding carboxylic acids is 2. The van der Waals surface area contributed by atoms with Crippen LogP contribution < -0.4 is 4.90 Å². The Morgan fingerprint density at radius 1 is 1.03 bits per heavy atom. The van der Waals surface area contributed by atoms with Crippen LogP contribution >= 0.6 is 0 Å². The van der Waals surface area contributed by atoms with Gasteiger partial charge in [-0.25, -0.2) is 4.98 Å². The standard InChI is InChI=1S/C24H25N3O3/c28-22-6-3-13-27(22)19-9-7-17(8-10-19)16-23(29)26-14-11-18(12-15-26)24-25-20-4-1-2-5-21(20)30-24/h1-2,4-5,7-10,18H,3,6,11-16H2. The highest BCUT2D eigenvalue weighted by Crippen LogP contribution is 2.30. The molecule has 30 heavy (non-hydrogen) atoms. The van der Waals surface area contributed by atoms with Crippen molar-refractivity contribution >= 4 is 28.6 Å². The van der Waals surface area contributed by atoms with Gasteiger partial charge in [0.15, 0.2) is 11.5 Å². The molecule has 0 radical (unpaired) electrons. The topological polar surface area (TPSA) is 66.7 Å². The van der Waals surface area contributed by atoms with E-state index in [2.05, 4.69) is 4.98 Å². The molecule has 0 saturated carbocycles. The Kier molecular flexibility index (Phi) is 4.99. The van der Waals surface area contributed by atoms with Crippen LogP contribution in [-0.2, 0) is 16.0 Å². The van der Waals surface area contributed by atoms with Crippen LogP contribution in [0.4, 0.5) is 5.69 Å². The third-order valence-electron chi connectivity index (χ3n) is 6.18. The number of hydrogen-bond donors (Lipinski definition) is 0. The van der Waals surface area contributed by atoms with Gasteiger partial charge in [0.05, 0.1) is 6.42 Å². The second kappa shape index (κ2) is 7.94. The number of nitrogens with zero attached hydrogens (tertiary/aromatic N) is 3. The molecule has 0 N–H and O–H groups in total. The van der Waals surface area contributed by atoms with Crippen LogP contribution in [0.3, 0.4) is 0 Å². The lowest BCUT2D eigenvalue weighted by Gasteiger charge is -2.30. The zero-order valence-corrected chi connectivity index (χ0v) is 16.9. The lowest BCUT2D eigenvalue weighted by Crippen LogP contribution is -2.38. The summed E-state index contributed by atoms with van der Waals surface area (Å²) in [5, 5.41) is 0. The molecule has 0 unspecified atom stereocenters. The van der Waals surface area contributed by atoms with Crippen molar-refractivity contribution in [3.63, 3.8) is 0 Å². The van der Waals surface area contributed by atoms with Crippen molar-refractivity contribution in [3.05, 3.63) is 60.0 Å². The van der Waals surface area contributed by atoms with Crippen LogP contribution in [0.15, 0.2) is 52.9 Å². The predicted molar refractivity (Wildman–Crippen MR) is 114 cm³/mol. The second-order valence-electron chi connectivity index (χ2n) is 8.17. The maximum atomic E-state index is 12.8. The molecule has 3 heterocycles. The molecule has 0 aliphatic carbocycles. The Bertz CT molecular complexity index is 1030. The van der Waals surface area contributed by atoms with Crippen LogP contribution in [0.25, 0.3) is 11.1 Å². The minimum Gasteiger partial charge on any atom is -0.440 e. The number of amides is 2. The fourth-order valence-electron chi connectivity index (χ4n) is 4.44. The number of hydrogen-bond acceptors (Lipinski definition) is 4. The first-order valence-corrected chi connectivity index (χ1v) is 10.7. The predicted octanol–water partition coefficient (Wildman–Crippen LogP) is 3.90. The smallest absolute Gasteiger partial charge is 0.227 e. The lowest BCUT2D eigenvalue weighted by molar-refractivity contribution is -0.131. The highest BCUT2D eigenvalue weighted by atomic mass is 16.3. The van der Waals surface area contributed by atoms with E-state index in [4.69, 9.17) is 4.42 Å². The minimum absolute atomic E-state index is 0.149. The lowest BCUT2D eigenvalue weighted by atomic mass is 9.96. The average Bonchev–Trinajstić information content (AvgIpc) is 3.40. The maximum Gasteiger partial charge on any atom is 0.227 e. The van der Waals surface area contributed by atoms with Crippen molar-refractivity contribution in [1.29, 1.82) is 0 Å². The summed E-state index contributed by atoms with van der Waals surface area (Å²) >= 11 is 0. The summed E-state index contributed by atoms with van der Waals surface area (Å²) in [7, 11) is 0. The van der Waals surface area contributed by atoms with Crippen molar-refractivity contribution in [2.75, 3.05) is 24.5 Å². The summed E-state index contributed by atoms with van der Waals surface area (Å²) in [4.78, 5) is 33.0. The normalized spacial score (nSPS) is 17.8. The number of anilines is 1.